The van der Waals surface area contributed by atoms with Crippen molar-refractivity contribution in [1.29, 1.82) is 0 Å². The van der Waals surface area contributed by atoms with E-state index in [9.17, 15) is 4.79 Å². The van der Waals surface area contributed by atoms with Gasteiger partial charge in [0, 0.05) is 29.7 Å². The minimum absolute atomic E-state index is 0.0340. The molecule has 0 aliphatic carbocycles. The van der Waals surface area contributed by atoms with E-state index >= 15 is 0 Å². The molecule has 9 heteroatoms. The molecule has 1 amide bonds. The second kappa shape index (κ2) is 12.0. The van der Waals surface area contributed by atoms with Crippen LogP contribution >= 0.6 is 11.8 Å². The van der Waals surface area contributed by atoms with E-state index in [1.165, 1.54) is 11.8 Å². The Hall–Kier alpha value is -3.17. The lowest BCUT2D eigenvalue weighted by Crippen LogP contribution is -2.38. The van der Waals surface area contributed by atoms with E-state index in [1.807, 2.05) is 41.3 Å². The summed E-state index contributed by atoms with van der Waals surface area (Å²) in [6.45, 7) is 1.60. The van der Waals surface area contributed by atoms with Gasteiger partial charge in [0.15, 0.2) is 17.3 Å². The summed E-state index contributed by atoms with van der Waals surface area (Å²) in [4.78, 5) is 16.0. The molecule has 8 nitrogen and oxygen atoms in total. The van der Waals surface area contributed by atoms with Gasteiger partial charge in [-0.1, -0.05) is 23.4 Å². The van der Waals surface area contributed by atoms with Gasteiger partial charge in [-0.3, -0.25) is 4.79 Å². The fraction of sp³-hybridized carbons (Fsp3) is 0.385. The molecular weight excluding hydrogens is 468 g/mol. The summed E-state index contributed by atoms with van der Waals surface area (Å²) in [5.41, 5.74) is 1.39. The summed E-state index contributed by atoms with van der Waals surface area (Å²) >= 11 is 1.52. The van der Waals surface area contributed by atoms with E-state index in [0.717, 1.165) is 29.9 Å². The molecule has 0 N–H and O–H groups in total. The molecule has 2 heterocycles. The van der Waals surface area contributed by atoms with E-state index in [0.29, 0.717) is 47.5 Å². The summed E-state index contributed by atoms with van der Waals surface area (Å²) in [5.74, 6) is 2.46. The number of aromatic nitrogens is 1. The highest BCUT2D eigenvalue weighted by molar-refractivity contribution is 8.00. The molecule has 0 bridgehead atoms. The van der Waals surface area contributed by atoms with Crippen LogP contribution in [0.4, 0.5) is 0 Å². The lowest BCUT2D eigenvalue weighted by Gasteiger charge is -2.24. The van der Waals surface area contributed by atoms with Gasteiger partial charge in [0.25, 0.3) is 0 Å². The summed E-state index contributed by atoms with van der Waals surface area (Å²) in [5, 5.41) is 4.23. The van der Waals surface area contributed by atoms with Crippen LogP contribution in [0, 0.1) is 0 Å². The number of thioether (sulfide) groups is 1. The maximum Gasteiger partial charge on any atom is 0.233 e. The van der Waals surface area contributed by atoms with E-state index in [-0.39, 0.29) is 12.0 Å². The van der Waals surface area contributed by atoms with Crippen LogP contribution in [0.25, 0.3) is 11.3 Å². The van der Waals surface area contributed by atoms with Gasteiger partial charge in [-0.25, -0.2) is 0 Å². The first kappa shape index (κ1) is 24.9. The first-order chi connectivity index (χ1) is 17.1. The molecule has 0 unspecified atom stereocenters. The molecule has 1 fully saturated rings. The second-order valence-corrected chi connectivity index (χ2v) is 9.16. The Morgan fingerprint density at radius 3 is 2.46 bits per heavy atom. The molecule has 35 heavy (non-hydrogen) atoms. The van der Waals surface area contributed by atoms with Crippen molar-refractivity contribution >= 4 is 17.7 Å². The number of methoxy groups -OCH3 is 3. The largest absolute Gasteiger partial charge is 0.493 e. The molecule has 1 saturated heterocycles. The van der Waals surface area contributed by atoms with Crippen molar-refractivity contribution in [3.05, 3.63) is 54.2 Å². The number of carbonyl (C=O) groups is 1. The number of rotatable bonds is 11. The molecule has 1 aliphatic rings. The molecule has 2 aromatic carbocycles. The predicted octanol–water partition coefficient (Wildman–Crippen LogP) is 4.67. The molecular formula is C26H30N2O6S. The monoisotopic (exact) mass is 498 g/mol. The summed E-state index contributed by atoms with van der Waals surface area (Å²) in [6, 6.07) is 15.4. The highest BCUT2D eigenvalue weighted by Gasteiger charge is 2.24. The maximum absolute atomic E-state index is 13.2. The van der Waals surface area contributed by atoms with Crippen LogP contribution in [0.2, 0.25) is 0 Å². The third-order valence-corrected chi connectivity index (χ3v) is 6.76. The number of hydrogen-bond donors (Lipinski definition) is 0. The summed E-state index contributed by atoms with van der Waals surface area (Å²) in [7, 11) is 4.69. The van der Waals surface area contributed by atoms with Crippen molar-refractivity contribution in [2.45, 2.75) is 30.4 Å². The van der Waals surface area contributed by atoms with Gasteiger partial charge in [-0.05, 0) is 37.1 Å². The Balaban J connectivity index is 1.50. The third-order valence-electron chi connectivity index (χ3n) is 5.77. The Kier molecular flexibility index (Phi) is 8.54. The van der Waals surface area contributed by atoms with Crippen molar-refractivity contribution in [2.24, 2.45) is 0 Å². The van der Waals surface area contributed by atoms with Crippen LogP contribution in [0.15, 0.2) is 57.9 Å². The van der Waals surface area contributed by atoms with Crippen molar-refractivity contribution in [3.8, 4) is 28.6 Å². The average Bonchev–Trinajstić information content (AvgIpc) is 3.59. The highest BCUT2D eigenvalue weighted by Crippen LogP contribution is 2.41. The van der Waals surface area contributed by atoms with E-state index < -0.39 is 0 Å². The third kappa shape index (κ3) is 6.29. The van der Waals surface area contributed by atoms with Crippen LogP contribution in [0.5, 0.6) is 17.2 Å². The van der Waals surface area contributed by atoms with Gasteiger partial charge in [-0.15, -0.1) is 11.8 Å². The van der Waals surface area contributed by atoms with Gasteiger partial charge in [0.1, 0.15) is 5.69 Å². The van der Waals surface area contributed by atoms with Crippen molar-refractivity contribution in [3.63, 3.8) is 0 Å². The standard InChI is InChI=1S/C26H30N2O6S/c1-30-23-12-18(13-24(31-2)26(23)32-3)22-14-19(27-34-22)15-28(16-20-8-7-11-33-20)25(29)17-35-21-9-5-4-6-10-21/h4-6,9-10,12-14,20H,7-8,11,15-17H2,1-3H3/t20-/m1/s1. The second-order valence-electron chi connectivity index (χ2n) is 8.11. The van der Waals surface area contributed by atoms with Gasteiger partial charge in [-0.2, -0.15) is 0 Å². The first-order valence-electron chi connectivity index (χ1n) is 11.4. The Bertz CT molecular complexity index is 1090. The zero-order chi connectivity index (χ0) is 24.6. The van der Waals surface area contributed by atoms with Crippen molar-refractivity contribution in [2.75, 3.05) is 40.2 Å². The lowest BCUT2D eigenvalue weighted by atomic mass is 10.1. The normalized spacial score (nSPS) is 15.1. The minimum Gasteiger partial charge on any atom is -0.493 e. The quantitative estimate of drug-likeness (QED) is 0.353. The molecule has 3 aromatic rings. The van der Waals surface area contributed by atoms with Crippen molar-refractivity contribution < 1.29 is 28.3 Å². The van der Waals surface area contributed by atoms with Gasteiger partial charge < -0.3 is 28.4 Å². The SMILES string of the molecule is COc1cc(-c2cc(CN(C[C@H]3CCCO3)C(=O)CSc3ccccc3)no2)cc(OC)c1OC. The Morgan fingerprint density at radius 2 is 1.83 bits per heavy atom. The van der Waals surface area contributed by atoms with Crippen LogP contribution in [-0.2, 0) is 16.1 Å². The lowest BCUT2D eigenvalue weighted by molar-refractivity contribution is -0.130. The molecule has 0 saturated carbocycles. The number of benzene rings is 2. The number of hydrogen-bond acceptors (Lipinski definition) is 8. The molecule has 1 atom stereocenters. The Labute approximate surface area is 209 Å². The smallest absolute Gasteiger partial charge is 0.233 e. The van der Waals surface area contributed by atoms with Crippen LogP contribution < -0.4 is 14.2 Å². The van der Waals surface area contributed by atoms with Crippen LogP contribution in [0.1, 0.15) is 18.5 Å². The van der Waals surface area contributed by atoms with Crippen molar-refractivity contribution in [1.82, 2.24) is 10.1 Å². The predicted molar refractivity (Wildman–Crippen MR) is 133 cm³/mol. The summed E-state index contributed by atoms with van der Waals surface area (Å²) in [6.07, 6.45) is 2.01. The van der Waals surface area contributed by atoms with Crippen LogP contribution in [0.3, 0.4) is 0 Å². The van der Waals surface area contributed by atoms with Crippen LogP contribution in [-0.4, -0.2) is 62.3 Å². The molecule has 0 radical (unpaired) electrons. The highest BCUT2D eigenvalue weighted by atomic mass is 32.2. The topological polar surface area (TPSA) is 83.3 Å². The number of carbonyl (C=O) groups excluding carboxylic acids is 1. The number of amides is 1. The zero-order valence-corrected chi connectivity index (χ0v) is 21.0. The van der Waals surface area contributed by atoms with Gasteiger partial charge >= 0.3 is 0 Å². The average molecular weight is 499 g/mol. The van der Waals surface area contributed by atoms with E-state index in [1.54, 1.807) is 33.5 Å². The number of ether oxygens (including phenoxy) is 4. The van der Waals surface area contributed by atoms with Gasteiger partial charge in [0.2, 0.25) is 11.7 Å². The number of nitrogens with zero attached hydrogens (tertiary/aromatic N) is 2. The van der Waals surface area contributed by atoms with Gasteiger partial charge in [0.05, 0.1) is 39.7 Å². The molecule has 0 spiro atoms. The molecule has 1 aromatic heterocycles. The van der Waals surface area contributed by atoms with E-state index in [4.69, 9.17) is 23.5 Å². The molecule has 1 aliphatic heterocycles. The maximum atomic E-state index is 13.2. The fourth-order valence-corrected chi connectivity index (χ4v) is 4.81. The molecule has 186 valence electrons. The Morgan fingerprint density at radius 1 is 1.09 bits per heavy atom. The fourth-order valence-electron chi connectivity index (χ4n) is 3.98. The molecule has 4 rings (SSSR count). The van der Waals surface area contributed by atoms with E-state index in [2.05, 4.69) is 5.16 Å². The summed E-state index contributed by atoms with van der Waals surface area (Å²) < 4.78 is 27.7. The minimum atomic E-state index is 0.0340. The first-order valence-corrected chi connectivity index (χ1v) is 12.4. The zero-order valence-electron chi connectivity index (χ0n) is 20.2.